The first-order valence-electron chi connectivity index (χ1n) is 12.2. The van der Waals surface area contributed by atoms with Crippen LogP contribution in [0.3, 0.4) is 0 Å². The first-order valence-corrected chi connectivity index (χ1v) is 13.0. The van der Waals surface area contributed by atoms with E-state index in [0.29, 0.717) is 51.8 Å². The summed E-state index contributed by atoms with van der Waals surface area (Å²) in [4.78, 5) is 37.2. The van der Waals surface area contributed by atoms with Gasteiger partial charge in [-0.05, 0) is 65.7 Å². The van der Waals surface area contributed by atoms with E-state index in [0.717, 1.165) is 29.1 Å². The van der Waals surface area contributed by atoms with Crippen LogP contribution in [-0.2, 0) is 11.2 Å². The van der Waals surface area contributed by atoms with Crippen molar-refractivity contribution in [2.45, 2.75) is 20.3 Å². The van der Waals surface area contributed by atoms with E-state index < -0.39 is 0 Å². The Labute approximate surface area is 228 Å². The molecule has 0 fully saturated rings. The van der Waals surface area contributed by atoms with Gasteiger partial charge in [0.2, 0.25) is 0 Å². The summed E-state index contributed by atoms with van der Waals surface area (Å²) < 4.78 is 12.3. The summed E-state index contributed by atoms with van der Waals surface area (Å²) in [6, 6.07) is 14.8. The Morgan fingerprint density at radius 1 is 1.16 bits per heavy atom. The maximum Gasteiger partial charge on any atom is 0.262 e. The molecule has 0 bridgehead atoms. The molecule has 1 aliphatic rings. The van der Waals surface area contributed by atoms with Gasteiger partial charge in [0.1, 0.15) is 0 Å². The number of rotatable bonds is 8. The number of fused-ring (bicyclic) bond motifs is 1. The first-order chi connectivity index (χ1) is 18.4. The van der Waals surface area contributed by atoms with Crippen LogP contribution in [0, 0.1) is 6.92 Å². The summed E-state index contributed by atoms with van der Waals surface area (Å²) >= 11 is 3.56. The van der Waals surface area contributed by atoms with Gasteiger partial charge in [0, 0.05) is 36.1 Å². The van der Waals surface area contributed by atoms with E-state index in [2.05, 4.69) is 36.5 Å². The van der Waals surface area contributed by atoms with Crippen LogP contribution in [0.4, 0.5) is 5.69 Å². The van der Waals surface area contributed by atoms with Gasteiger partial charge in [-0.15, -0.1) is 0 Å². The predicted octanol–water partition coefficient (Wildman–Crippen LogP) is 4.91. The molecule has 0 atom stereocenters. The van der Waals surface area contributed by atoms with Gasteiger partial charge >= 0.3 is 0 Å². The number of hydrogen-bond donors (Lipinski definition) is 3. The molecule has 0 unspecified atom stereocenters. The molecule has 1 aliphatic heterocycles. The highest BCUT2D eigenvalue weighted by atomic mass is 79.9. The zero-order valence-electron chi connectivity index (χ0n) is 20.9. The van der Waals surface area contributed by atoms with E-state index in [9.17, 15) is 9.59 Å². The molecule has 194 valence electrons. The third kappa shape index (κ3) is 5.40. The van der Waals surface area contributed by atoms with Crippen molar-refractivity contribution in [3.63, 3.8) is 0 Å². The molecule has 4 aromatic rings. The van der Waals surface area contributed by atoms with Crippen LogP contribution in [0.5, 0.6) is 11.5 Å². The van der Waals surface area contributed by atoms with Crippen LogP contribution in [-0.4, -0.2) is 46.5 Å². The van der Waals surface area contributed by atoms with E-state index in [1.807, 2.05) is 50.2 Å². The van der Waals surface area contributed by atoms with Gasteiger partial charge in [0.15, 0.2) is 23.9 Å². The van der Waals surface area contributed by atoms with Crippen molar-refractivity contribution >= 4 is 33.4 Å². The normalized spacial score (nSPS) is 12.4. The van der Waals surface area contributed by atoms with Crippen molar-refractivity contribution < 1.29 is 19.1 Å². The highest BCUT2D eigenvalue weighted by molar-refractivity contribution is 9.10. The Kier molecular flexibility index (Phi) is 7.41. The van der Waals surface area contributed by atoms with Crippen molar-refractivity contribution in [2.24, 2.45) is 0 Å². The highest BCUT2D eigenvalue weighted by Crippen LogP contribution is 2.39. The Bertz CT molecular complexity index is 1520. The van der Waals surface area contributed by atoms with Crippen molar-refractivity contribution in [1.29, 1.82) is 0 Å². The lowest BCUT2D eigenvalue weighted by atomic mass is 10.1. The number of halogens is 1. The molecule has 10 heteroatoms. The quantitative estimate of drug-likeness (QED) is 0.274. The molecule has 0 saturated heterocycles. The average molecular weight is 576 g/mol. The molecule has 2 amide bonds. The van der Waals surface area contributed by atoms with Crippen LogP contribution in [0.2, 0.25) is 0 Å². The fourth-order valence-electron chi connectivity index (χ4n) is 4.22. The van der Waals surface area contributed by atoms with Crippen LogP contribution < -0.4 is 20.1 Å². The summed E-state index contributed by atoms with van der Waals surface area (Å²) in [6.45, 7) is 4.62. The second-order valence-electron chi connectivity index (χ2n) is 8.72. The lowest BCUT2D eigenvalue weighted by Crippen LogP contribution is -2.31. The van der Waals surface area contributed by atoms with Gasteiger partial charge < -0.3 is 25.1 Å². The van der Waals surface area contributed by atoms with Crippen LogP contribution in [0.1, 0.15) is 28.5 Å². The number of anilines is 1. The molecule has 0 spiro atoms. The number of aryl methyl sites for hydroxylation is 1. The number of benzene rings is 2. The smallest absolute Gasteiger partial charge is 0.262 e. The zero-order chi connectivity index (χ0) is 26.6. The first kappa shape index (κ1) is 25.5. The van der Waals surface area contributed by atoms with Gasteiger partial charge in [-0.3, -0.25) is 9.59 Å². The molecule has 2 aromatic carbocycles. The van der Waals surface area contributed by atoms with Crippen LogP contribution in [0.25, 0.3) is 22.8 Å². The van der Waals surface area contributed by atoms with Crippen molar-refractivity contribution in [2.75, 3.05) is 25.1 Å². The highest BCUT2D eigenvalue weighted by Gasteiger charge is 2.21. The Hall–Kier alpha value is -4.18. The van der Waals surface area contributed by atoms with Crippen molar-refractivity contribution in [3.8, 4) is 34.3 Å². The Balaban J connectivity index is 1.38. The van der Waals surface area contributed by atoms with Gasteiger partial charge in [0.25, 0.3) is 11.8 Å². The molecule has 2 aromatic heterocycles. The minimum Gasteiger partial charge on any atom is -0.490 e. The number of amides is 2. The molecule has 0 aliphatic carbocycles. The number of ether oxygens (including phenoxy) is 2. The molecular formula is C28H26BrN5O4. The molecule has 38 heavy (non-hydrogen) atoms. The summed E-state index contributed by atoms with van der Waals surface area (Å²) in [5.74, 6) is 0.980. The van der Waals surface area contributed by atoms with Gasteiger partial charge in [-0.25, -0.2) is 9.97 Å². The standard InChI is InChI=1S/C28H26BrN5O4/c1-3-37-24-13-17(12-19(29)26(24)38-15-25(35)33-20-7-5-4-6-16(20)2)27-30-10-9-22(34-27)23-14-18-21(32-23)8-11-31-28(18)36/h4-7,9-10,12-14,32H,3,8,11,15H2,1-2H3,(H,31,36)(H,33,35). The maximum absolute atomic E-state index is 12.5. The molecule has 0 radical (unpaired) electrons. The summed E-state index contributed by atoms with van der Waals surface area (Å²) in [5.41, 5.74) is 5.36. The summed E-state index contributed by atoms with van der Waals surface area (Å²) in [5, 5.41) is 5.72. The number of carbonyl (C=O) groups excluding carboxylic acids is 2. The molecule has 3 N–H and O–H groups in total. The molecule has 5 rings (SSSR count). The molecule has 0 saturated carbocycles. The SMILES string of the molecule is CCOc1cc(-c2nccc(-c3cc4c([nH]3)CCNC4=O)n2)cc(Br)c1OCC(=O)Nc1ccccc1C. The van der Waals surface area contributed by atoms with E-state index in [1.165, 1.54) is 0 Å². The fourth-order valence-corrected chi connectivity index (χ4v) is 4.77. The molecule has 9 nitrogen and oxygen atoms in total. The predicted molar refractivity (Wildman–Crippen MR) is 147 cm³/mol. The maximum atomic E-state index is 12.5. The van der Waals surface area contributed by atoms with E-state index in [4.69, 9.17) is 14.5 Å². The van der Waals surface area contributed by atoms with E-state index in [1.54, 1.807) is 18.3 Å². The Morgan fingerprint density at radius 2 is 2.00 bits per heavy atom. The second kappa shape index (κ2) is 11.1. The van der Waals surface area contributed by atoms with Gasteiger partial charge in [-0.1, -0.05) is 18.2 Å². The topological polar surface area (TPSA) is 118 Å². The molecule has 3 heterocycles. The number of para-hydroxylation sites is 1. The number of nitrogens with one attached hydrogen (secondary N) is 3. The average Bonchev–Trinajstić information content (AvgIpc) is 3.36. The lowest BCUT2D eigenvalue weighted by Gasteiger charge is -2.15. The number of carbonyl (C=O) groups is 2. The lowest BCUT2D eigenvalue weighted by molar-refractivity contribution is -0.118. The Morgan fingerprint density at radius 3 is 2.79 bits per heavy atom. The number of nitrogens with zero attached hydrogens (tertiary/aromatic N) is 2. The van der Waals surface area contributed by atoms with E-state index >= 15 is 0 Å². The van der Waals surface area contributed by atoms with Crippen molar-refractivity contribution in [3.05, 3.63) is 76.0 Å². The third-order valence-electron chi connectivity index (χ3n) is 6.07. The summed E-state index contributed by atoms with van der Waals surface area (Å²) in [7, 11) is 0. The van der Waals surface area contributed by atoms with Crippen LogP contribution in [0.15, 0.2) is 59.2 Å². The largest absolute Gasteiger partial charge is 0.490 e. The zero-order valence-corrected chi connectivity index (χ0v) is 22.5. The molecular weight excluding hydrogens is 550 g/mol. The third-order valence-corrected chi connectivity index (χ3v) is 6.66. The number of aromatic amines is 1. The minimum absolute atomic E-state index is 0.0866. The van der Waals surface area contributed by atoms with Crippen molar-refractivity contribution in [1.82, 2.24) is 20.3 Å². The second-order valence-corrected chi connectivity index (χ2v) is 9.57. The number of hydrogen-bond acceptors (Lipinski definition) is 6. The van der Waals surface area contributed by atoms with Crippen LogP contribution >= 0.6 is 15.9 Å². The van der Waals surface area contributed by atoms with Gasteiger partial charge in [-0.2, -0.15) is 0 Å². The summed E-state index contributed by atoms with van der Waals surface area (Å²) in [6.07, 6.45) is 2.42. The minimum atomic E-state index is -0.281. The van der Waals surface area contributed by atoms with Gasteiger partial charge in [0.05, 0.1) is 28.0 Å². The fraction of sp³-hybridized carbons (Fsp3) is 0.214. The monoisotopic (exact) mass is 575 g/mol. The van der Waals surface area contributed by atoms with E-state index in [-0.39, 0.29) is 18.4 Å². The number of H-pyrrole nitrogens is 1. The number of aromatic nitrogens is 3.